The van der Waals surface area contributed by atoms with Gasteiger partial charge in [-0.25, -0.2) is 0 Å². The first-order valence-corrected chi connectivity index (χ1v) is 7.48. The number of benzene rings is 2. The van der Waals surface area contributed by atoms with Crippen LogP contribution in [0.15, 0.2) is 46.9 Å². The van der Waals surface area contributed by atoms with Crippen LogP contribution in [0.25, 0.3) is 11.5 Å². The first-order chi connectivity index (χ1) is 12.1. The van der Waals surface area contributed by atoms with Crippen LogP contribution in [-0.4, -0.2) is 22.2 Å². The van der Waals surface area contributed by atoms with Crippen LogP contribution in [0, 0.1) is 10.1 Å². The lowest BCUT2D eigenvalue weighted by Gasteiger charge is -2.04. The Balaban J connectivity index is 1.73. The average Bonchev–Trinajstić information content (AvgIpc) is 3.09. The van der Waals surface area contributed by atoms with Crippen molar-refractivity contribution in [3.05, 3.63) is 63.5 Å². The molecule has 0 spiro atoms. The molecule has 0 radical (unpaired) electrons. The number of nitro benzene ring substituents is 1. The van der Waals surface area contributed by atoms with Crippen LogP contribution in [0.2, 0.25) is 5.02 Å². The fourth-order valence-electron chi connectivity index (χ4n) is 2.06. The molecule has 0 saturated heterocycles. The standard InChI is InChI=1S/C16H12ClN3O5/c1-23-12-5-2-10(3-6-12)16-19-18-15(25-16)9-24-14-7-4-11(17)8-13(14)20(21)22/h2-8H,9H2,1H3. The van der Waals surface area contributed by atoms with E-state index in [1.165, 1.54) is 18.2 Å². The Morgan fingerprint density at radius 3 is 2.64 bits per heavy atom. The van der Waals surface area contributed by atoms with Crippen LogP contribution in [0.3, 0.4) is 0 Å². The summed E-state index contributed by atoms with van der Waals surface area (Å²) in [5.74, 6) is 1.28. The zero-order valence-corrected chi connectivity index (χ0v) is 13.8. The quantitative estimate of drug-likeness (QED) is 0.485. The molecule has 0 aliphatic rings. The van der Waals surface area contributed by atoms with Gasteiger partial charge in [0.2, 0.25) is 5.89 Å². The van der Waals surface area contributed by atoms with Gasteiger partial charge in [-0.15, -0.1) is 10.2 Å². The number of methoxy groups -OCH3 is 1. The van der Waals surface area contributed by atoms with E-state index in [0.29, 0.717) is 11.6 Å². The lowest BCUT2D eigenvalue weighted by molar-refractivity contribution is -0.385. The Kier molecular flexibility index (Phi) is 4.80. The van der Waals surface area contributed by atoms with Gasteiger partial charge < -0.3 is 13.9 Å². The van der Waals surface area contributed by atoms with E-state index >= 15 is 0 Å². The third kappa shape index (κ3) is 3.86. The molecule has 0 aliphatic heterocycles. The van der Waals surface area contributed by atoms with Gasteiger partial charge in [-0.3, -0.25) is 10.1 Å². The van der Waals surface area contributed by atoms with E-state index < -0.39 is 4.92 Å². The van der Waals surface area contributed by atoms with E-state index in [1.807, 2.05) is 0 Å². The molecule has 0 unspecified atom stereocenters. The largest absolute Gasteiger partial charge is 0.497 e. The number of aromatic nitrogens is 2. The highest BCUT2D eigenvalue weighted by Crippen LogP contribution is 2.30. The summed E-state index contributed by atoms with van der Waals surface area (Å²) in [4.78, 5) is 10.5. The van der Waals surface area contributed by atoms with Crippen LogP contribution in [0.5, 0.6) is 11.5 Å². The summed E-state index contributed by atoms with van der Waals surface area (Å²) in [6.45, 7) is -0.106. The molecule has 0 amide bonds. The van der Waals surface area contributed by atoms with Crippen molar-refractivity contribution in [2.45, 2.75) is 6.61 Å². The van der Waals surface area contributed by atoms with Gasteiger partial charge in [-0.1, -0.05) is 11.6 Å². The number of hydrogen-bond acceptors (Lipinski definition) is 7. The highest BCUT2D eigenvalue weighted by Gasteiger charge is 2.17. The molecule has 0 atom stereocenters. The molecule has 8 nitrogen and oxygen atoms in total. The summed E-state index contributed by atoms with van der Waals surface area (Å²) in [6.07, 6.45) is 0. The lowest BCUT2D eigenvalue weighted by atomic mass is 10.2. The summed E-state index contributed by atoms with van der Waals surface area (Å²) in [7, 11) is 1.58. The minimum Gasteiger partial charge on any atom is -0.497 e. The Labute approximate surface area is 147 Å². The average molecular weight is 362 g/mol. The number of ether oxygens (including phenoxy) is 2. The minimum absolute atomic E-state index is 0.0681. The van der Waals surface area contributed by atoms with Crippen molar-refractivity contribution in [2.75, 3.05) is 7.11 Å². The molecule has 0 fully saturated rings. The molecule has 25 heavy (non-hydrogen) atoms. The number of halogens is 1. The summed E-state index contributed by atoms with van der Waals surface area (Å²) in [5, 5.41) is 19.1. The van der Waals surface area contributed by atoms with Gasteiger partial charge in [-0.05, 0) is 36.4 Å². The van der Waals surface area contributed by atoms with Crippen molar-refractivity contribution < 1.29 is 18.8 Å². The van der Waals surface area contributed by atoms with Crippen LogP contribution in [0.1, 0.15) is 5.89 Å². The van der Waals surface area contributed by atoms with E-state index in [0.717, 1.165) is 5.56 Å². The molecular weight excluding hydrogens is 350 g/mol. The molecule has 128 valence electrons. The number of nitro groups is 1. The second kappa shape index (κ2) is 7.18. The minimum atomic E-state index is -0.572. The predicted molar refractivity (Wildman–Crippen MR) is 88.7 cm³/mol. The zero-order valence-electron chi connectivity index (χ0n) is 13.0. The first kappa shape index (κ1) is 16.7. The maximum atomic E-state index is 11.0. The zero-order chi connectivity index (χ0) is 17.8. The van der Waals surface area contributed by atoms with Crippen molar-refractivity contribution in [1.29, 1.82) is 0 Å². The van der Waals surface area contributed by atoms with Crippen molar-refractivity contribution in [3.63, 3.8) is 0 Å². The molecule has 0 N–H and O–H groups in total. The van der Waals surface area contributed by atoms with Gasteiger partial charge in [0, 0.05) is 16.7 Å². The SMILES string of the molecule is COc1ccc(-c2nnc(COc3ccc(Cl)cc3[N+](=O)[O-])o2)cc1. The van der Waals surface area contributed by atoms with Crippen molar-refractivity contribution in [3.8, 4) is 23.0 Å². The molecule has 3 aromatic rings. The molecule has 0 bridgehead atoms. The van der Waals surface area contributed by atoms with Crippen LogP contribution in [0.4, 0.5) is 5.69 Å². The van der Waals surface area contributed by atoms with E-state index in [1.54, 1.807) is 31.4 Å². The predicted octanol–water partition coefficient (Wildman–Crippen LogP) is 3.89. The molecule has 9 heteroatoms. The van der Waals surface area contributed by atoms with Gasteiger partial charge in [0.1, 0.15) is 5.75 Å². The molecular formula is C16H12ClN3O5. The van der Waals surface area contributed by atoms with E-state index in [9.17, 15) is 10.1 Å². The highest BCUT2D eigenvalue weighted by atomic mass is 35.5. The van der Waals surface area contributed by atoms with Gasteiger partial charge in [0.15, 0.2) is 12.4 Å². The van der Waals surface area contributed by atoms with Crippen molar-refractivity contribution >= 4 is 17.3 Å². The Hall–Kier alpha value is -3.13. The second-order valence-electron chi connectivity index (χ2n) is 4.89. The van der Waals surface area contributed by atoms with Crippen molar-refractivity contribution in [1.82, 2.24) is 10.2 Å². The fraction of sp³-hybridized carbons (Fsp3) is 0.125. The van der Waals surface area contributed by atoms with Crippen LogP contribution < -0.4 is 9.47 Å². The Bertz CT molecular complexity index is 895. The normalized spacial score (nSPS) is 10.5. The monoisotopic (exact) mass is 361 g/mol. The topological polar surface area (TPSA) is 101 Å². The Morgan fingerprint density at radius 1 is 1.20 bits per heavy atom. The number of hydrogen-bond donors (Lipinski definition) is 0. The molecule has 3 rings (SSSR count). The number of nitrogens with zero attached hydrogens (tertiary/aromatic N) is 3. The summed E-state index contributed by atoms with van der Waals surface area (Å²) in [5.41, 5.74) is 0.486. The van der Waals surface area contributed by atoms with E-state index in [2.05, 4.69) is 10.2 Å². The third-order valence-corrected chi connectivity index (χ3v) is 3.51. The molecule has 1 heterocycles. The molecule has 1 aromatic heterocycles. The van der Waals surface area contributed by atoms with E-state index in [-0.39, 0.29) is 29.0 Å². The summed E-state index contributed by atoms with van der Waals surface area (Å²) in [6, 6.07) is 11.2. The van der Waals surface area contributed by atoms with Gasteiger partial charge in [0.25, 0.3) is 5.89 Å². The summed E-state index contributed by atoms with van der Waals surface area (Å²) < 4.78 is 16.0. The highest BCUT2D eigenvalue weighted by molar-refractivity contribution is 6.30. The van der Waals surface area contributed by atoms with E-state index in [4.69, 9.17) is 25.5 Å². The Morgan fingerprint density at radius 2 is 1.96 bits per heavy atom. The molecule has 0 aliphatic carbocycles. The third-order valence-electron chi connectivity index (χ3n) is 3.27. The molecule has 2 aromatic carbocycles. The van der Waals surface area contributed by atoms with Gasteiger partial charge >= 0.3 is 5.69 Å². The van der Waals surface area contributed by atoms with Crippen LogP contribution in [-0.2, 0) is 6.61 Å². The fourth-order valence-corrected chi connectivity index (χ4v) is 2.22. The van der Waals surface area contributed by atoms with Crippen molar-refractivity contribution in [2.24, 2.45) is 0 Å². The first-order valence-electron chi connectivity index (χ1n) is 7.10. The summed E-state index contributed by atoms with van der Waals surface area (Å²) >= 11 is 5.76. The second-order valence-corrected chi connectivity index (χ2v) is 5.32. The van der Waals surface area contributed by atoms with Gasteiger partial charge in [-0.2, -0.15) is 0 Å². The molecule has 0 saturated carbocycles. The smallest absolute Gasteiger partial charge is 0.312 e. The maximum Gasteiger partial charge on any atom is 0.312 e. The van der Waals surface area contributed by atoms with Gasteiger partial charge in [0.05, 0.1) is 12.0 Å². The number of rotatable bonds is 6. The maximum absolute atomic E-state index is 11.0. The lowest BCUT2D eigenvalue weighted by Crippen LogP contribution is -1.99. The van der Waals surface area contributed by atoms with Crippen LogP contribution >= 0.6 is 11.6 Å².